The van der Waals surface area contributed by atoms with Crippen LogP contribution in [0.1, 0.15) is 12.5 Å². The maximum atomic E-state index is 11.5. The van der Waals surface area contributed by atoms with Gasteiger partial charge in [0.25, 0.3) is 0 Å². The maximum absolute atomic E-state index is 11.5. The molecule has 1 aromatic carbocycles. The van der Waals surface area contributed by atoms with Crippen LogP contribution in [0, 0.1) is 6.92 Å². The molecule has 0 radical (unpaired) electrons. The van der Waals surface area contributed by atoms with Gasteiger partial charge in [0.2, 0.25) is 10.0 Å². The zero-order valence-corrected chi connectivity index (χ0v) is 10.9. The third-order valence-electron chi connectivity index (χ3n) is 2.36. The number of benzene rings is 1. The van der Waals surface area contributed by atoms with E-state index in [0.717, 1.165) is 17.8 Å². The Labute approximate surface area is 97.3 Å². The van der Waals surface area contributed by atoms with E-state index in [1.807, 2.05) is 32.0 Å². The van der Waals surface area contributed by atoms with Gasteiger partial charge in [0, 0.05) is 13.6 Å². The van der Waals surface area contributed by atoms with Crippen LogP contribution in [-0.4, -0.2) is 28.3 Å². The van der Waals surface area contributed by atoms with Gasteiger partial charge in [-0.25, -0.2) is 8.42 Å². The molecule has 0 amide bonds. The van der Waals surface area contributed by atoms with E-state index < -0.39 is 10.0 Å². The molecule has 16 heavy (non-hydrogen) atoms. The highest BCUT2D eigenvalue weighted by molar-refractivity contribution is 7.92. The molecule has 1 rings (SSSR count). The molecule has 0 saturated carbocycles. The average molecular weight is 242 g/mol. The van der Waals surface area contributed by atoms with Gasteiger partial charge in [-0.05, 0) is 31.5 Å². The predicted molar refractivity (Wildman–Crippen MR) is 68.6 cm³/mol. The van der Waals surface area contributed by atoms with Gasteiger partial charge >= 0.3 is 0 Å². The molecule has 0 spiro atoms. The van der Waals surface area contributed by atoms with Crippen molar-refractivity contribution in [1.82, 2.24) is 0 Å². The van der Waals surface area contributed by atoms with Crippen molar-refractivity contribution in [3.63, 3.8) is 0 Å². The first-order valence-corrected chi connectivity index (χ1v) is 6.99. The average Bonchev–Trinajstić information content (AvgIpc) is 2.18. The number of aryl methyl sites for hydroxylation is 1. The standard InChI is InChI=1S/C11H18N2O2S/c1-5-12-10-7-6-9(2)8-11(10)13(3)16(4,14)15/h6-8,12H,5H2,1-4H3. The van der Waals surface area contributed by atoms with Crippen LogP contribution in [0.3, 0.4) is 0 Å². The van der Waals surface area contributed by atoms with Gasteiger partial charge in [0.05, 0.1) is 17.6 Å². The Morgan fingerprint density at radius 3 is 2.50 bits per heavy atom. The van der Waals surface area contributed by atoms with E-state index in [0.29, 0.717) is 5.69 Å². The van der Waals surface area contributed by atoms with E-state index in [1.54, 1.807) is 7.05 Å². The van der Waals surface area contributed by atoms with Crippen LogP contribution in [-0.2, 0) is 10.0 Å². The molecular weight excluding hydrogens is 224 g/mol. The van der Waals surface area contributed by atoms with Crippen molar-refractivity contribution in [3.05, 3.63) is 23.8 Å². The smallest absolute Gasteiger partial charge is 0.232 e. The van der Waals surface area contributed by atoms with E-state index in [-0.39, 0.29) is 0 Å². The van der Waals surface area contributed by atoms with Crippen molar-refractivity contribution in [3.8, 4) is 0 Å². The summed E-state index contributed by atoms with van der Waals surface area (Å²) >= 11 is 0. The number of hydrogen-bond acceptors (Lipinski definition) is 3. The molecule has 0 aliphatic carbocycles. The monoisotopic (exact) mass is 242 g/mol. The van der Waals surface area contributed by atoms with Gasteiger partial charge in [-0.1, -0.05) is 6.07 Å². The maximum Gasteiger partial charge on any atom is 0.232 e. The second-order valence-corrected chi connectivity index (χ2v) is 5.80. The fourth-order valence-corrected chi connectivity index (χ4v) is 1.93. The van der Waals surface area contributed by atoms with Crippen molar-refractivity contribution < 1.29 is 8.42 Å². The summed E-state index contributed by atoms with van der Waals surface area (Å²) in [6.45, 7) is 4.67. The lowest BCUT2D eigenvalue weighted by molar-refractivity contribution is 0.600. The Hall–Kier alpha value is -1.23. The van der Waals surface area contributed by atoms with E-state index in [9.17, 15) is 8.42 Å². The summed E-state index contributed by atoms with van der Waals surface area (Å²) in [6, 6.07) is 5.71. The molecule has 0 aliphatic heterocycles. The van der Waals surface area contributed by atoms with Crippen molar-refractivity contribution in [1.29, 1.82) is 0 Å². The lowest BCUT2D eigenvalue weighted by Crippen LogP contribution is -2.25. The summed E-state index contributed by atoms with van der Waals surface area (Å²) < 4.78 is 24.3. The number of nitrogens with zero attached hydrogens (tertiary/aromatic N) is 1. The minimum atomic E-state index is -3.22. The topological polar surface area (TPSA) is 49.4 Å². The van der Waals surface area contributed by atoms with Crippen LogP contribution < -0.4 is 9.62 Å². The molecule has 0 bridgehead atoms. The molecule has 0 unspecified atom stereocenters. The minimum absolute atomic E-state index is 0.685. The van der Waals surface area contributed by atoms with Crippen molar-refractivity contribution in [2.75, 3.05) is 29.5 Å². The summed E-state index contributed by atoms with van der Waals surface area (Å²) in [5.41, 5.74) is 2.55. The Morgan fingerprint density at radius 2 is 2.00 bits per heavy atom. The molecular formula is C11H18N2O2S. The molecule has 5 heteroatoms. The van der Waals surface area contributed by atoms with E-state index in [2.05, 4.69) is 5.32 Å². The second-order valence-electron chi connectivity index (χ2n) is 3.78. The van der Waals surface area contributed by atoms with Gasteiger partial charge < -0.3 is 5.32 Å². The zero-order chi connectivity index (χ0) is 12.3. The highest BCUT2D eigenvalue weighted by Crippen LogP contribution is 2.27. The Balaban J connectivity index is 3.24. The van der Waals surface area contributed by atoms with Crippen molar-refractivity contribution >= 4 is 21.4 Å². The highest BCUT2D eigenvalue weighted by atomic mass is 32.2. The SMILES string of the molecule is CCNc1ccc(C)cc1N(C)S(C)(=O)=O. The summed E-state index contributed by atoms with van der Waals surface area (Å²) in [4.78, 5) is 0. The van der Waals surface area contributed by atoms with Gasteiger partial charge in [0.15, 0.2) is 0 Å². The molecule has 90 valence electrons. The van der Waals surface area contributed by atoms with E-state index in [1.165, 1.54) is 10.6 Å². The van der Waals surface area contributed by atoms with Crippen molar-refractivity contribution in [2.24, 2.45) is 0 Å². The fraction of sp³-hybridized carbons (Fsp3) is 0.455. The third-order valence-corrected chi connectivity index (χ3v) is 3.55. The molecule has 0 heterocycles. The highest BCUT2D eigenvalue weighted by Gasteiger charge is 2.15. The van der Waals surface area contributed by atoms with Crippen LogP contribution in [0.5, 0.6) is 0 Å². The molecule has 0 aromatic heterocycles. The Bertz CT molecular complexity index is 469. The third kappa shape index (κ3) is 2.88. The van der Waals surface area contributed by atoms with Crippen LogP contribution in [0.25, 0.3) is 0 Å². The van der Waals surface area contributed by atoms with Crippen LogP contribution in [0.2, 0.25) is 0 Å². The lowest BCUT2D eigenvalue weighted by atomic mass is 10.2. The summed E-state index contributed by atoms with van der Waals surface area (Å²) in [7, 11) is -1.66. The van der Waals surface area contributed by atoms with E-state index >= 15 is 0 Å². The quantitative estimate of drug-likeness (QED) is 0.876. The second kappa shape index (κ2) is 4.74. The van der Waals surface area contributed by atoms with Gasteiger partial charge in [-0.3, -0.25) is 4.31 Å². The molecule has 0 aliphatic rings. The van der Waals surface area contributed by atoms with Crippen LogP contribution >= 0.6 is 0 Å². The first-order valence-electron chi connectivity index (χ1n) is 5.14. The van der Waals surface area contributed by atoms with Gasteiger partial charge in [-0.2, -0.15) is 0 Å². The zero-order valence-electron chi connectivity index (χ0n) is 10.1. The predicted octanol–water partition coefficient (Wildman–Crippen LogP) is 1.82. The Morgan fingerprint density at radius 1 is 1.38 bits per heavy atom. The number of anilines is 2. The molecule has 0 atom stereocenters. The van der Waals surface area contributed by atoms with Crippen LogP contribution in [0.4, 0.5) is 11.4 Å². The van der Waals surface area contributed by atoms with E-state index in [4.69, 9.17) is 0 Å². The molecule has 1 N–H and O–H groups in total. The molecule has 1 aromatic rings. The molecule has 0 fully saturated rings. The summed E-state index contributed by atoms with van der Waals surface area (Å²) in [6.07, 6.45) is 1.20. The summed E-state index contributed by atoms with van der Waals surface area (Å²) in [5.74, 6) is 0. The fourth-order valence-electron chi connectivity index (χ4n) is 1.42. The van der Waals surface area contributed by atoms with Gasteiger partial charge in [0.1, 0.15) is 0 Å². The van der Waals surface area contributed by atoms with Crippen LogP contribution in [0.15, 0.2) is 18.2 Å². The summed E-state index contributed by atoms with van der Waals surface area (Å²) in [5, 5.41) is 3.15. The number of sulfonamides is 1. The lowest BCUT2D eigenvalue weighted by Gasteiger charge is -2.21. The first-order chi connectivity index (χ1) is 7.36. The normalized spacial score (nSPS) is 11.2. The number of hydrogen-bond donors (Lipinski definition) is 1. The molecule has 0 saturated heterocycles. The Kier molecular flexibility index (Phi) is 3.80. The minimum Gasteiger partial charge on any atom is -0.384 e. The number of rotatable bonds is 4. The van der Waals surface area contributed by atoms with Gasteiger partial charge in [-0.15, -0.1) is 0 Å². The molecule has 4 nitrogen and oxygen atoms in total. The first kappa shape index (κ1) is 12.8. The largest absolute Gasteiger partial charge is 0.384 e. The number of nitrogens with one attached hydrogen (secondary N) is 1. The van der Waals surface area contributed by atoms with Crippen molar-refractivity contribution in [2.45, 2.75) is 13.8 Å².